The van der Waals surface area contributed by atoms with Gasteiger partial charge in [-0.15, -0.1) is 0 Å². The Labute approximate surface area is 182 Å². The quantitative estimate of drug-likeness (QED) is 0.360. The van der Waals surface area contributed by atoms with Gasteiger partial charge in [0.2, 0.25) is 0 Å². The summed E-state index contributed by atoms with van der Waals surface area (Å²) in [6.07, 6.45) is 0. The van der Waals surface area contributed by atoms with E-state index in [9.17, 15) is 14.9 Å². The standard InChI is InChI=1S/C22H29N5O4/c1-3-25-11-13-26(14-12-25)20-7-5-4-6-19(20)24-22(28)17-8-9-18(23-10-15-31-2)21(16-17)27(29)30/h4-9,16,23H,3,10-15H2,1-2H3,(H,24,28). The van der Waals surface area contributed by atoms with Gasteiger partial charge in [0.25, 0.3) is 11.6 Å². The van der Waals surface area contributed by atoms with Crippen LogP contribution in [0.25, 0.3) is 0 Å². The highest BCUT2D eigenvalue weighted by atomic mass is 16.6. The summed E-state index contributed by atoms with van der Waals surface area (Å²) in [5.74, 6) is -0.383. The smallest absolute Gasteiger partial charge is 0.293 e. The van der Waals surface area contributed by atoms with E-state index in [1.807, 2.05) is 24.3 Å². The van der Waals surface area contributed by atoms with E-state index in [0.717, 1.165) is 38.4 Å². The van der Waals surface area contributed by atoms with Crippen molar-refractivity contribution in [1.82, 2.24) is 4.90 Å². The highest BCUT2D eigenvalue weighted by Crippen LogP contribution is 2.29. The molecule has 1 saturated heterocycles. The molecule has 2 aromatic carbocycles. The van der Waals surface area contributed by atoms with E-state index in [0.29, 0.717) is 24.5 Å². The van der Waals surface area contributed by atoms with Gasteiger partial charge in [0, 0.05) is 51.5 Å². The van der Waals surface area contributed by atoms with Crippen molar-refractivity contribution < 1.29 is 14.5 Å². The Morgan fingerprint density at radius 2 is 1.87 bits per heavy atom. The Morgan fingerprint density at radius 3 is 2.55 bits per heavy atom. The van der Waals surface area contributed by atoms with Crippen LogP contribution in [0.5, 0.6) is 0 Å². The van der Waals surface area contributed by atoms with Gasteiger partial charge in [-0.05, 0) is 30.8 Å². The fourth-order valence-corrected chi connectivity index (χ4v) is 3.62. The van der Waals surface area contributed by atoms with E-state index in [1.165, 1.54) is 6.07 Å². The monoisotopic (exact) mass is 427 g/mol. The fraction of sp³-hybridized carbons (Fsp3) is 0.409. The van der Waals surface area contributed by atoms with Crippen molar-refractivity contribution in [1.29, 1.82) is 0 Å². The molecule has 31 heavy (non-hydrogen) atoms. The Bertz CT molecular complexity index is 913. The molecule has 2 N–H and O–H groups in total. The van der Waals surface area contributed by atoms with Gasteiger partial charge in [-0.25, -0.2) is 0 Å². The number of piperazine rings is 1. The molecule has 0 radical (unpaired) electrons. The highest BCUT2D eigenvalue weighted by Gasteiger charge is 2.21. The number of hydrogen-bond donors (Lipinski definition) is 2. The average molecular weight is 428 g/mol. The van der Waals surface area contributed by atoms with Crippen LogP contribution in [-0.2, 0) is 4.74 Å². The molecule has 166 valence electrons. The molecule has 0 aliphatic carbocycles. The molecule has 2 aromatic rings. The SMILES string of the molecule is CCN1CCN(c2ccccc2NC(=O)c2ccc(NCCOC)c([N+](=O)[O-])c2)CC1. The molecule has 0 saturated carbocycles. The minimum Gasteiger partial charge on any atom is -0.383 e. The van der Waals surface area contributed by atoms with Crippen LogP contribution in [-0.4, -0.2) is 68.7 Å². The molecular weight excluding hydrogens is 398 g/mol. The molecule has 1 amide bonds. The second-order valence-electron chi connectivity index (χ2n) is 7.30. The number of nitrogens with one attached hydrogen (secondary N) is 2. The highest BCUT2D eigenvalue weighted by molar-refractivity contribution is 6.06. The van der Waals surface area contributed by atoms with Crippen molar-refractivity contribution in [3.05, 3.63) is 58.1 Å². The minimum absolute atomic E-state index is 0.146. The first-order valence-electron chi connectivity index (χ1n) is 10.4. The lowest BCUT2D eigenvalue weighted by Gasteiger charge is -2.36. The summed E-state index contributed by atoms with van der Waals surface area (Å²) >= 11 is 0. The van der Waals surface area contributed by atoms with Crippen molar-refractivity contribution in [2.75, 3.05) is 68.5 Å². The van der Waals surface area contributed by atoms with Gasteiger partial charge in [-0.3, -0.25) is 14.9 Å². The second-order valence-corrected chi connectivity index (χ2v) is 7.30. The van der Waals surface area contributed by atoms with Crippen LogP contribution in [0, 0.1) is 10.1 Å². The molecule has 9 heteroatoms. The van der Waals surface area contributed by atoms with Crippen LogP contribution in [0.3, 0.4) is 0 Å². The van der Waals surface area contributed by atoms with Crippen molar-refractivity contribution in [3.8, 4) is 0 Å². The number of nitro groups is 1. The van der Waals surface area contributed by atoms with E-state index < -0.39 is 4.92 Å². The van der Waals surface area contributed by atoms with Crippen LogP contribution in [0.15, 0.2) is 42.5 Å². The molecular formula is C22H29N5O4. The van der Waals surface area contributed by atoms with Gasteiger partial charge >= 0.3 is 0 Å². The van der Waals surface area contributed by atoms with Gasteiger partial charge < -0.3 is 25.2 Å². The van der Waals surface area contributed by atoms with Crippen molar-refractivity contribution in [2.45, 2.75) is 6.92 Å². The summed E-state index contributed by atoms with van der Waals surface area (Å²) in [7, 11) is 1.56. The topological polar surface area (TPSA) is 100.0 Å². The fourth-order valence-electron chi connectivity index (χ4n) is 3.62. The van der Waals surface area contributed by atoms with Gasteiger partial charge in [-0.1, -0.05) is 19.1 Å². The normalized spacial score (nSPS) is 14.3. The maximum Gasteiger partial charge on any atom is 0.293 e. The molecule has 0 aromatic heterocycles. The second kappa shape index (κ2) is 10.7. The number of rotatable bonds is 9. The summed E-state index contributed by atoms with van der Waals surface area (Å²) in [5.41, 5.74) is 2.09. The zero-order valence-electron chi connectivity index (χ0n) is 18.0. The van der Waals surface area contributed by atoms with Crippen LogP contribution in [0.4, 0.5) is 22.7 Å². The van der Waals surface area contributed by atoms with Crippen LogP contribution in [0.1, 0.15) is 17.3 Å². The third-order valence-corrected chi connectivity index (χ3v) is 5.39. The van der Waals surface area contributed by atoms with Gasteiger partial charge in [0.1, 0.15) is 5.69 Å². The zero-order chi connectivity index (χ0) is 22.2. The van der Waals surface area contributed by atoms with Crippen LogP contribution < -0.4 is 15.5 Å². The predicted octanol–water partition coefficient (Wildman–Crippen LogP) is 3.05. The molecule has 1 fully saturated rings. The first-order valence-corrected chi connectivity index (χ1v) is 10.4. The summed E-state index contributed by atoms with van der Waals surface area (Å²) < 4.78 is 4.96. The lowest BCUT2D eigenvalue weighted by Crippen LogP contribution is -2.46. The first-order chi connectivity index (χ1) is 15.0. The third-order valence-electron chi connectivity index (χ3n) is 5.39. The Kier molecular flexibility index (Phi) is 7.80. The van der Waals surface area contributed by atoms with Crippen molar-refractivity contribution in [3.63, 3.8) is 0 Å². The maximum absolute atomic E-state index is 12.9. The molecule has 1 aliphatic heterocycles. The predicted molar refractivity (Wildman–Crippen MR) is 122 cm³/mol. The van der Waals surface area contributed by atoms with Gasteiger partial charge in [-0.2, -0.15) is 0 Å². The third kappa shape index (κ3) is 5.71. The largest absolute Gasteiger partial charge is 0.383 e. The van der Waals surface area contributed by atoms with Gasteiger partial charge in [0.15, 0.2) is 0 Å². The Hall–Kier alpha value is -3.17. The van der Waals surface area contributed by atoms with E-state index in [2.05, 4.69) is 27.4 Å². The number of anilines is 3. The number of likely N-dealkylation sites (N-methyl/N-ethyl adjacent to an activating group) is 1. The molecule has 9 nitrogen and oxygen atoms in total. The molecule has 0 atom stereocenters. The Morgan fingerprint density at radius 1 is 1.13 bits per heavy atom. The maximum atomic E-state index is 12.9. The summed E-state index contributed by atoms with van der Waals surface area (Å²) in [4.78, 5) is 28.5. The number of hydrogen-bond acceptors (Lipinski definition) is 7. The molecule has 0 unspecified atom stereocenters. The number of carbonyl (C=O) groups excluding carboxylic acids is 1. The average Bonchev–Trinajstić information content (AvgIpc) is 2.79. The summed E-state index contributed by atoms with van der Waals surface area (Å²) in [6, 6.07) is 12.1. The summed E-state index contributed by atoms with van der Waals surface area (Å²) in [6.45, 7) is 7.75. The minimum atomic E-state index is -0.493. The molecule has 1 aliphatic rings. The number of benzene rings is 2. The number of nitrogens with zero attached hydrogens (tertiary/aromatic N) is 3. The Balaban J connectivity index is 1.76. The number of amides is 1. The number of methoxy groups -OCH3 is 1. The number of para-hydroxylation sites is 2. The van der Waals surface area contributed by atoms with E-state index >= 15 is 0 Å². The van der Waals surface area contributed by atoms with Crippen molar-refractivity contribution in [2.24, 2.45) is 0 Å². The van der Waals surface area contributed by atoms with E-state index in [4.69, 9.17) is 4.74 Å². The number of ether oxygens (including phenoxy) is 1. The first kappa shape index (κ1) is 22.5. The summed E-state index contributed by atoms with van der Waals surface area (Å²) in [5, 5.41) is 17.4. The lowest BCUT2D eigenvalue weighted by molar-refractivity contribution is -0.384. The molecule has 1 heterocycles. The molecule has 3 rings (SSSR count). The van der Waals surface area contributed by atoms with E-state index in [-0.39, 0.29) is 17.2 Å². The number of nitro benzene ring substituents is 1. The van der Waals surface area contributed by atoms with Crippen LogP contribution in [0.2, 0.25) is 0 Å². The number of carbonyl (C=O) groups is 1. The molecule has 0 spiro atoms. The lowest BCUT2D eigenvalue weighted by atomic mass is 10.1. The van der Waals surface area contributed by atoms with Crippen molar-refractivity contribution >= 4 is 28.7 Å². The van der Waals surface area contributed by atoms with Crippen LogP contribution >= 0.6 is 0 Å². The zero-order valence-corrected chi connectivity index (χ0v) is 18.0. The molecule has 0 bridgehead atoms. The van der Waals surface area contributed by atoms with Gasteiger partial charge in [0.05, 0.1) is 22.9 Å². The van der Waals surface area contributed by atoms with E-state index in [1.54, 1.807) is 19.2 Å².